The lowest BCUT2D eigenvalue weighted by Gasteiger charge is -2.18. The van der Waals surface area contributed by atoms with Crippen LogP contribution < -0.4 is 5.32 Å². The lowest BCUT2D eigenvalue weighted by atomic mass is 10.1. The van der Waals surface area contributed by atoms with Gasteiger partial charge in [0.2, 0.25) is 5.13 Å². The van der Waals surface area contributed by atoms with Crippen LogP contribution in [0.3, 0.4) is 0 Å². The molecule has 3 aromatic rings. The maximum absolute atomic E-state index is 12.4. The summed E-state index contributed by atoms with van der Waals surface area (Å²) in [5, 5.41) is 13.7. The Kier molecular flexibility index (Phi) is 3.86. The first kappa shape index (κ1) is 15.0. The molecule has 1 saturated carbocycles. The largest absolute Gasteiger partial charge is 0.323 e. The summed E-state index contributed by atoms with van der Waals surface area (Å²) in [5.74, 6) is 0.550. The summed E-state index contributed by atoms with van der Waals surface area (Å²) in [7, 11) is 1.77. The van der Waals surface area contributed by atoms with Crippen molar-refractivity contribution < 1.29 is 4.79 Å². The zero-order chi connectivity index (χ0) is 16.5. The lowest BCUT2D eigenvalue weighted by Crippen LogP contribution is -2.30. The second kappa shape index (κ2) is 6.16. The molecule has 0 spiro atoms. The molecule has 0 atom stereocenters. The number of aromatic nitrogens is 3. The first-order valence-corrected chi connectivity index (χ1v) is 8.70. The molecule has 2 heterocycles. The highest BCUT2D eigenvalue weighted by Gasteiger charge is 2.27. The SMILES string of the molecule is CN(Cc1cccc2ncccc12)C(=O)Nc1nnc(C2CC2)s1. The zero-order valence-electron chi connectivity index (χ0n) is 13.3. The Bertz CT molecular complexity index is 884. The Morgan fingerprint density at radius 1 is 1.29 bits per heavy atom. The molecule has 6 nitrogen and oxygen atoms in total. The number of hydrogen-bond acceptors (Lipinski definition) is 5. The Morgan fingerprint density at radius 3 is 3.00 bits per heavy atom. The van der Waals surface area contributed by atoms with Gasteiger partial charge < -0.3 is 4.90 Å². The van der Waals surface area contributed by atoms with Crippen molar-refractivity contribution in [2.24, 2.45) is 0 Å². The number of pyridine rings is 1. The fourth-order valence-corrected chi connectivity index (χ4v) is 3.50. The van der Waals surface area contributed by atoms with Gasteiger partial charge in [-0.15, -0.1) is 10.2 Å². The van der Waals surface area contributed by atoms with Gasteiger partial charge in [-0.05, 0) is 30.5 Å². The van der Waals surface area contributed by atoms with Crippen molar-refractivity contribution in [2.45, 2.75) is 25.3 Å². The van der Waals surface area contributed by atoms with Crippen molar-refractivity contribution >= 4 is 33.4 Å². The topological polar surface area (TPSA) is 71.0 Å². The molecule has 0 bridgehead atoms. The number of fused-ring (bicyclic) bond motifs is 1. The van der Waals surface area contributed by atoms with Gasteiger partial charge in [0.15, 0.2) is 0 Å². The fourth-order valence-electron chi connectivity index (χ4n) is 2.60. The summed E-state index contributed by atoms with van der Waals surface area (Å²) in [6.07, 6.45) is 4.13. The number of carbonyl (C=O) groups is 1. The molecule has 122 valence electrons. The molecule has 1 N–H and O–H groups in total. The van der Waals surface area contributed by atoms with Gasteiger partial charge in [-0.2, -0.15) is 0 Å². The van der Waals surface area contributed by atoms with Crippen molar-refractivity contribution in [3.63, 3.8) is 0 Å². The van der Waals surface area contributed by atoms with Crippen LogP contribution in [0.2, 0.25) is 0 Å². The van der Waals surface area contributed by atoms with Gasteiger partial charge >= 0.3 is 6.03 Å². The van der Waals surface area contributed by atoms with Crippen LogP contribution in [0.15, 0.2) is 36.5 Å². The molecule has 0 unspecified atom stereocenters. The normalized spacial score (nSPS) is 13.9. The number of benzene rings is 1. The van der Waals surface area contributed by atoms with Gasteiger partial charge in [-0.3, -0.25) is 10.3 Å². The average molecular weight is 339 g/mol. The van der Waals surface area contributed by atoms with Crippen LogP contribution in [0.4, 0.5) is 9.93 Å². The van der Waals surface area contributed by atoms with Crippen LogP contribution in [-0.2, 0) is 6.54 Å². The van der Waals surface area contributed by atoms with Crippen molar-refractivity contribution in [1.82, 2.24) is 20.1 Å². The highest BCUT2D eigenvalue weighted by molar-refractivity contribution is 7.15. The number of rotatable bonds is 4. The molecule has 2 amide bonds. The molecule has 1 aromatic carbocycles. The van der Waals surface area contributed by atoms with E-state index >= 15 is 0 Å². The minimum absolute atomic E-state index is 0.186. The van der Waals surface area contributed by atoms with Gasteiger partial charge in [0, 0.05) is 31.1 Å². The number of carbonyl (C=O) groups excluding carboxylic acids is 1. The van der Waals surface area contributed by atoms with E-state index in [0.717, 1.165) is 21.5 Å². The van der Waals surface area contributed by atoms with E-state index in [2.05, 4.69) is 20.5 Å². The van der Waals surface area contributed by atoms with Gasteiger partial charge in [0.05, 0.1) is 5.52 Å². The molecule has 1 fully saturated rings. The standard InChI is InChI=1S/C17H17N5OS/c1-22(10-12-4-2-6-14-13(12)5-3-9-18-14)17(23)19-16-21-20-15(24-16)11-7-8-11/h2-6,9,11H,7-8,10H2,1H3,(H,19,21,23). The minimum atomic E-state index is -0.186. The Hall–Kier alpha value is -2.54. The molecule has 2 aromatic heterocycles. The monoisotopic (exact) mass is 339 g/mol. The summed E-state index contributed by atoms with van der Waals surface area (Å²) in [4.78, 5) is 18.4. The fraction of sp³-hybridized carbons (Fsp3) is 0.294. The quantitative estimate of drug-likeness (QED) is 0.788. The third-order valence-electron chi connectivity index (χ3n) is 4.07. The summed E-state index contributed by atoms with van der Waals surface area (Å²) in [6, 6.07) is 9.70. The second-order valence-corrected chi connectivity index (χ2v) is 7.00. The van der Waals surface area contributed by atoms with E-state index in [1.54, 1.807) is 18.1 Å². The molecule has 7 heteroatoms. The van der Waals surface area contributed by atoms with Gasteiger partial charge in [-0.25, -0.2) is 4.79 Å². The second-order valence-electron chi connectivity index (χ2n) is 5.99. The predicted octanol–water partition coefficient (Wildman–Crippen LogP) is 3.63. The molecule has 0 saturated heterocycles. The summed E-state index contributed by atoms with van der Waals surface area (Å²) < 4.78 is 0. The minimum Gasteiger partial charge on any atom is -0.323 e. The highest BCUT2D eigenvalue weighted by atomic mass is 32.1. The first-order valence-electron chi connectivity index (χ1n) is 7.89. The van der Waals surface area contributed by atoms with Crippen LogP contribution in [0.1, 0.15) is 29.3 Å². The first-order chi connectivity index (χ1) is 11.7. The maximum Gasteiger partial charge on any atom is 0.323 e. The number of urea groups is 1. The molecule has 0 radical (unpaired) electrons. The summed E-state index contributed by atoms with van der Waals surface area (Å²) in [6.45, 7) is 0.503. The third kappa shape index (κ3) is 3.07. The lowest BCUT2D eigenvalue weighted by molar-refractivity contribution is 0.221. The average Bonchev–Trinajstić information content (AvgIpc) is 3.35. The highest BCUT2D eigenvalue weighted by Crippen LogP contribution is 2.42. The Morgan fingerprint density at radius 2 is 2.17 bits per heavy atom. The molecule has 0 aliphatic heterocycles. The van der Waals surface area contributed by atoms with E-state index in [1.807, 2.05) is 30.3 Å². The van der Waals surface area contributed by atoms with Crippen LogP contribution >= 0.6 is 11.3 Å². The van der Waals surface area contributed by atoms with Crippen molar-refractivity contribution in [2.75, 3.05) is 12.4 Å². The van der Waals surface area contributed by atoms with Crippen LogP contribution in [0.5, 0.6) is 0 Å². The zero-order valence-corrected chi connectivity index (χ0v) is 14.1. The molecule has 24 heavy (non-hydrogen) atoms. The maximum atomic E-state index is 12.4. The van der Waals surface area contributed by atoms with Gasteiger partial charge in [-0.1, -0.05) is 29.5 Å². The Balaban J connectivity index is 1.46. The summed E-state index contributed by atoms with van der Waals surface area (Å²) >= 11 is 1.47. The number of hydrogen-bond donors (Lipinski definition) is 1. The Labute approximate surface area is 143 Å². The number of nitrogens with one attached hydrogen (secondary N) is 1. The smallest absolute Gasteiger partial charge is 0.323 e. The van der Waals surface area contributed by atoms with Gasteiger partial charge in [0.25, 0.3) is 0 Å². The molecule has 1 aliphatic carbocycles. The van der Waals surface area contributed by atoms with Crippen LogP contribution in [-0.4, -0.2) is 33.2 Å². The summed E-state index contributed by atoms with van der Waals surface area (Å²) in [5.41, 5.74) is 2.00. The molecule has 4 rings (SSSR count). The van der Waals surface area contributed by atoms with E-state index in [0.29, 0.717) is 17.6 Å². The predicted molar refractivity (Wildman–Crippen MR) is 94.1 cm³/mol. The van der Waals surface area contributed by atoms with E-state index in [9.17, 15) is 4.79 Å². The number of anilines is 1. The van der Waals surface area contributed by atoms with E-state index in [1.165, 1.54) is 24.2 Å². The molecular formula is C17H17N5OS. The number of amides is 2. The molecular weight excluding hydrogens is 322 g/mol. The molecule has 1 aliphatic rings. The van der Waals surface area contributed by atoms with Crippen LogP contribution in [0.25, 0.3) is 10.9 Å². The van der Waals surface area contributed by atoms with Crippen LogP contribution in [0, 0.1) is 0 Å². The van der Waals surface area contributed by atoms with Crippen molar-refractivity contribution in [3.05, 3.63) is 47.1 Å². The van der Waals surface area contributed by atoms with Crippen molar-refractivity contribution in [3.8, 4) is 0 Å². The number of nitrogens with zero attached hydrogens (tertiary/aromatic N) is 4. The van der Waals surface area contributed by atoms with E-state index in [4.69, 9.17) is 0 Å². The van der Waals surface area contributed by atoms with Crippen molar-refractivity contribution in [1.29, 1.82) is 0 Å². The van der Waals surface area contributed by atoms with Gasteiger partial charge in [0.1, 0.15) is 5.01 Å². The third-order valence-corrected chi connectivity index (χ3v) is 5.07. The van der Waals surface area contributed by atoms with E-state index < -0.39 is 0 Å². The van der Waals surface area contributed by atoms with E-state index in [-0.39, 0.29) is 6.03 Å².